The molecule has 0 aliphatic heterocycles. The molecule has 6 rings (SSSR count). The van der Waals surface area contributed by atoms with E-state index in [0.29, 0.717) is 11.5 Å². The second kappa shape index (κ2) is 11.6. The summed E-state index contributed by atoms with van der Waals surface area (Å²) in [5.74, 6) is 9.68. The summed E-state index contributed by atoms with van der Waals surface area (Å²) < 4.78 is 12.7. The summed E-state index contributed by atoms with van der Waals surface area (Å²) in [5.41, 5.74) is 5.65. The molecule has 2 N–H and O–H groups in total. The zero-order valence-electron chi connectivity index (χ0n) is 21.9. The molecule has 0 fully saturated rings. The molecule has 194 valence electrons. The fourth-order valence-electron chi connectivity index (χ4n) is 4.58. The van der Waals surface area contributed by atoms with E-state index in [-0.39, 0.29) is 0 Å². The Morgan fingerprint density at radius 3 is 1.12 bits per heavy atom. The summed E-state index contributed by atoms with van der Waals surface area (Å²) in [4.78, 5) is 0. The van der Waals surface area contributed by atoms with Gasteiger partial charge in [0.25, 0.3) is 0 Å². The first kappa shape index (κ1) is 25.0. The second-order valence-corrected chi connectivity index (χ2v) is 9.29. The highest BCUT2D eigenvalue weighted by atomic mass is 16.5. The lowest BCUT2D eigenvalue weighted by Crippen LogP contribution is -2.24. The van der Waals surface area contributed by atoms with Gasteiger partial charge in [-0.05, 0) is 59.7 Å². The van der Waals surface area contributed by atoms with Crippen molar-refractivity contribution in [1.29, 1.82) is 0 Å². The van der Waals surface area contributed by atoms with Gasteiger partial charge in [-0.25, -0.2) is 5.84 Å². The van der Waals surface area contributed by atoms with Gasteiger partial charge in [0.2, 0.25) is 0 Å². The summed E-state index contributed by atoms with van der Waals surface area (Å²) in [7, 11) is 0. The van der Waals surface area contributed by atoms with Crippen molar-refractivity contribution >= 4 is 11.4 Å². The molecule has 0 bridgehead atoms. The Bertz CT molecular complexity index is 1560. The number of nitrogens with zero attached hydrogens (tertiary/aromatic N) is 1. The number of anilines is 2. The van der Waals surface area contributed by atoms with E-state index in [0.717, 1.165) is 45.1 Å². The monoisotopic (exact) mass is 520 g/mol. The second-order valence-electron chi connectivity index (χ2n) is 9.29. The third kappa shape index (κ3) is 5.58. The Labute approximate surface area is 234 Å². The molecule has 0 atom stereocenters. The predicted molar refractivity (Wildman–Crippen MR) is 163 cm³/mol. The molecule has 4 heteroatoms. The van der Waals surface area contributed by atoms with Crippen LogP contribution in [-0.2, 0) is 0 Å². The predicted octanol–water partition coefficient (Wildman–Crippen LogP) is 9.62. The van der Waals surface area contributed by atoms with Crippen molar-refractivity contribution in [2.45, 2.75) is 0 Å². The molecule has 0 amide bonds. The summed E-state index contributed by atoms with van der Waals surface area (Å²) in [5, 5.41) is 1.65. The van der Waals surface area contributed by atoms with Gasteiger partial charge >= 0.3 is 0 Å². The highest BCUT2D eigenvalue weighted by Gasteiger charge is 2.15. The highest BCUT2D eigenvalue weighted by molar-refractivity contribution is 5.78. The molecule has 0 radical (unpaired) electrons. The van der Waals surface area contributed by atoms with Crippen LogP contribution in [0.1, 0.15) is 0 Å². The number of nitrogens with two attached hydrogens (primary N) is 1. The smallest absolute Gasteiger partial charge is 0.137 e. The van der Waals surface area contributed by atoms with Crippen LogP contribution in [0, 0.1) is 0 Å². The molecule has 0 aliphatic carbocycles. The van der Waals surface area contributed by atoms with E-state index in [2.05, 4.69) is 24.3 Å². The van der Waals surface area contributed by atoms with Crippen LogP contribution in [0.3, 0.4) is 0 Å². The zero-order chi connectivity index (χ0) is 27.1. The van der Waals surface area contributed by atoms with Crippen molar-refractivity contribution in [3.8, 4) is 45.3 Å². The minimum absolute atomic E-state index is 0.715. The third-order valence-electron chi connectivity index (χ3n) is 6.60. The molecule has 4 nitrogen and oxygen atoms in total. The van der Waals surface area contributed by atoms with Gasteiger partial charge in [-0.1, -0.05) is 97.1 Å². The Balaban J connectivity index is 1.39. The molecule has 6 aromatic carbocycles. The maximum absolute atomic E-state index is 6.74. The fourth-order valence-corrected chi connectivity index (χ4v) is 4.58. The first-order valence-corrected chi connectivity index (χ1v) is 13.1. The fraction of sp³-hybridized carbons (Fsp3) is 0. The van der Waals surface area contributed by atoms with Crippen molar-refractivity contribution in [2.75, 3.05) is 5.01 Å². The van der Waals surface area contributed by atoms with Crippen molar-refractivity contribution in [3.05, 3.63) is 158 Å². The lowest BCUT2D eigenvalue weighted by molar-refractivity contribution is 0.484. The Kier molecular flexibility index (Phi) is 7.25. The lowest BCUT2D eigenvalue weighted by atomic mass is 10.0. The summed E-state index contributed by atoms with van der Waals surface area (Å²) in [6.07, 6.45) is 0. The molecule has 0 aliphatic rings. The van der Waals surface area contributed by atoms with Crippen LogP contribution >= 0.6 is 0 Å². The van der Waals surface area contributed by atoms with Crippen LogP contribution in [0.4, 0.5) is 11.4 Å². The van der Waals surface area contributed by atoms with Gasteiger partial charge in [0.15, 0.2) is 0 Å². The van der Waals surface area contributed by atoms with Gasteiger partial charge in [0.1, 0.15) is 23.0 Å². The van der Waals surface area contributed by atoms with E-state index in [1.807, 2.05) is 133 Å². The Hall–Kier alpha value is -5.32. The number of hydrazine groups is 1. The molecule has 6 aromatic rings. The summed E-state index contributed by atoms with van der Waals surface area (Å²) in [6, 6.07) is 52.0. The molecule has 0 unspecified atom stereocenters. The number of rotatable bonds is 8. The first-order chi connectivity index (χ1) is 19.7. The molecule has 0 spiro atoms. The van der Waals surface area contributed by atoms with Crippen LogP contribution in [-0.4, -0.2) is 0 Å². The van der Waals surface area contributed by atoms with E-state index >= 15 is 0 Å². The number of hydrogen-bond acceptors (Lipinski definition) is 4. The number of para-hydroxylation sites is 2. The van der Waals surface area contributed by atoms with Crippen molar-refractivity contribution in [1.82, 2.24) is 0 Å². The number of hydrogen-bond donors (Lipinski definition) is 1. The lowest BCUT2D eigenvalue weighted by Gasteiger charge is -2.23. The van der Waals surface area contributed by atoms with E-state index in [4.69, 9.17) is 15.3 Å². The van der Waals surface area contributed by atoms with E-state index in [1.54, 1.807) is 5.01 Å². The Morgan fingerprint density at radius 1 is 0.400 bits per heavy atom. The van der Waals surface area contributed by atoms with Crippen molar-refractivity contribution < 1.29 is 9.47 Å². The molecule has 0 heterocycles. The Morgan fingerprint density at radius 2 is 0.750 bits per heavy atom. The highest BCUT2D eigenvalue weighted by Crippen LogP contribution is 2.40. The van der Waals surface area contributed by atoms with Crippen molar-refractivity contribution in [3.63, 3.8) is 0 Å². The zero-order valence-corrected chi connectivity index (χ0v) is 21.9. The molecule has 40 heavy (non-hydrogen) atoms. The summed E-state index contributed by atoms with van der Waals surface area (Å²) >= 11 is 0. The van der Waals surface area contributed by atoms with E-state index in [1.165, 1.54) is 0 Å². The van der Waals surface area contributed by atoms with Crippen LogP contribution in [0.5, 0.6) is 23.0 Å². The average Bonchev–Trinajstić information content (AvgIpc) is 3.02. The first-order valence-electron chi connectivity index (χ1n) is 13.1. The van der Waals surface area contributed by atoms with E-state index in [9.17, 15) is 0 Å². The molecule has 0 aromatic heterocycles. The largest absolute Gasteiger partial charge is 0.457 e. The van der Waals surface area contributed by atoms with E-state index < -0.39 is 0 Å². The van der Waals surface area contributed by atoms with Crippen LogP contribution in [0.15, 0.2) is 158 Å². The number of ether oxygens (including phenoxy) is 2. The van der Waals surface area contributed by atoms with Gasteiger partial charge in [0.05, 0.1) is 11.4 Å². The standard InChI is InChI=1S/C36H28N2O2/c37-38(29-21-23-33(27-13-5-1-6-14-27)35(25-29)39-31-17-9-3-10-18-31)30-22-24-34(28-15-7-2-8-16-28)36(26-30)40-32-19-11-4-12-20-32/h1-26H,37H2. The summed E-state index contributed by atoms with van der Waals surface area (Å²) in [6.45, 7) is 0. The molecule has 0 saturated heterocycles. The molecular weight excluding hydrogens is 492 g/mol. The van der Waals surface area contributed by atoms with Gasteiger partial charge in [-0.15, -0.1) is 0 Å². The minimum Gasteiger partial charge on any atom is -0.457 e. The normalized spacial score (nSPS) is 10.6. The maximum atomic E-state index is 6.74. The minimum atomic E-state index is 0.715. The maximum Gasteiger partial charge on any atom is 0.137 e. The van der Waals surface area contributed by atoms with Gasteiger partial charge in [-0.3, -0.25) is 5.01 Å². The SMILES string of the molecule is NN(c1ccc(-c2ccccc2)c(Oc2ccccc2)c1)c1ccc(-c2ccccc2)c(Oc2ccccc2)c1. The van der Waals surface area contributed by atoms with Gasteiger partial charge in [-0.2, -0.15) is 0 Å². The van der Waals surface area contributed by atoms with Gasteiger partial charge < -0.3 is 9.47 Å². The third-order valence-corrected chi connectivity index (χ3v) is 6.60. The van der Waals surface area contributed by atoms with Crippen molar-refractivity contribution in [2.24, 2.45) is 5.84 Å². The molecular formula is C36H28N2O2. The van der Waals surface area contributed by atoms with Gasteiger partial charge in [0, 0.05) is 23.3 Å². The topological polar surface area (TPSA) is 47.7 Å². The van der Waals surface area contributed by atoms with Crippen LogP contribution in [0.2, 0.25) is 0 Å². The molecule has 0 saturated carbocycles. The van der Waals surface area contributed by atoms with Crippen LogP contribution in [0.25, 0.3) is 22.3 Å². The quantitative estimate of drug-likeness (QED) is 0.160. The average molecular weight is 521 g/mol. The van der Waals surface area contributed by atoms with Crippen LogP contribution < -0.4 is 20.3 Å². The number of benzene rings is 6.